The summed E-state index contributed by atoms with van der Waals surface area (Å²) in [4.78, 5) is 24.0. The molecule has 0 aliphatic carbocycles. The van der Waals surface area contributed by atoms with Crippen LogP contribution in [0.1, 0.15) is 24.2 Å². The molecule has 0 bridgehead atoms. The maximum absolute atomic E-state index is 12.2. The summed E-state index contributed by atoms with van der Waals surface area (Å²) < 4.78 is 5.22. The predicted octanol–water partition coefficient (Wildman–Crippen LogP) is 1.68. The minimum Gasteiger partial charge on any atom is -0.393 e. The highest BCUT2D eigenvalue weighted by Crippen LogP contribution is 2.22. The first-order chi connectivity index (χ1) is 9.51. The summed E-state index contributed by atoms with van der Waals surface area (Å²) in [6.45, 7) is 5.80. The first-order valence-electron chi connectivity index (χ1n) is 6.42. The molecule has 0 atom stereocenters. The number of nitrogen functional groups attached to an aromatic ring is 1. The van der Waals surface area contributed by atoms with Crippen molar-refractivity contribution in [3.63, 3.8) is 0 Å². The minimum absolute atomic E-state index is 0.0123. The Morgan fingerprint density at radius 2 is 2.15 bits per heavy atom. The average Bonchev–Trinajstić information content (AvgIpc) is 2.42. The Kier molecular flexibility index (Phi) is 5.92. The van der Waals surface area contributed by atoms with Gasteiger partial charge in [-0.2, -0.15) is 0 Å². The molecule has 0 radical (unpaired) electrons. The van der Waals surface area contributed by atoms with Crippen molar-refractivity contribution in [1.82, 2.24) is 4.90 Å². The number of nitro groups is 1. The van der Waals surface area contributed by atoms with Gasteiger partial charge in [0.15, 0.2) is 0 Å². The molecule has 0 saturated heterocycles. The van der Waals surface area contributed by atoms with Crippen molar-refractivity contribution in [2.24, 2.45) is 0 Å². The Hall–Kier alpha value is -2.15. The monoisotopic (exact) mass is 281 g/mol. The van der Waals surface area contributed by atoms with E-state index in [1.807, 2.05) is 13.8 Å². The summed E-state index contributed by atoms with van der Waals surface area (Å²) in [7, 11) is 0. The second-order valence-corrected chi connectivity index (χ2v) is 4.11. The van der Waals surface area contributed by atoms with Crippen molar-refractivity contribution >= 4 is 17.3 Å². The third-order valence-corrected chi connectivity index (χ3v) is 2.85. The molecule has 0 aliphatic rings. The highest BCUT2D eigenvalue weighted by atomic mass is 16.6. The Morgan fingerprint density at radius 3 is 2.65 bits per heavy atom. The number of hydrogen-bond acceptors (Lipinski definition) is 5. The van der Waals surface area contributed by atoms with Crippen LogP contribution in [-0.2, 0) is 4.74 Å². The van der Waals surface area contributed by atoms with E-state index in [0.29, 0.717) is 31.9 Å². The van der Waals surface area contributed by atoms with Crippen molar-refractivity contribution in [3.8, 4) is 0 Å². The Morgan fingerprint density at radius 1 is 1.45 bits per heavy atom. The summed E-state index contributed by atoms with van der Waals surface area (Å²) in [5.41, 5.74) is 5.72. The van der Waals surface area contributed by atoms with Gasteiger partial charge in [0.05, 0.1) is 11.5 Å². The van der Waals surface area contributed by atoms with Gasteiger partial charge in [0.1, 0.15) is 5.69 Å². The van der Waals surface area contributed by atoms with Gasteiger partial charge in [0.2, 0.25) is 0 Å². The zero-order chi connectivity index (χ0) is 15.1. The molecule has 7 heteroatoms. The normalized spacial score (nSPS) is 10.3. The molecule has 0 heterocycles. The molecule has 2 N–H and O–H groups in total. The fraction of sp³-hybridized carbons (Fsp3) is 0.462. The van der Waals surface area contributed by atoms with Gasteiger partial charge in [-0.1, -0.05) is 0 Å². The van der Waals surface area contributed by atoms with E-state index in [2.05, 4.69) is 0 Å². The maximum Gasteiger partial charge on any atom is 0.292 e. The van der Waals surface area contributed by atoms with E-state index in [4.69, 9.17) is 10.5 Å². The highest BCUT2D eigenvalue weighted by molar-refractivity contribution is 5.95. The molecular formula is C13H19N3O4. The number of nitro benzene ring substituents is 1. The van der Waals surface area contributed by atoms with Crippen LogP contribution in [0.5, 0.6) is 0 Å². The van der Waals surface area contributed by atoms with Crippen molar-refractivity contribution in [2.75, 3.05) is 32.0 Å². The lowest BCUT2D eigenvalue weighted by Crippen LogP contribution is -2.33. The van der Waals surface area contributed by atoms with Crippen LogP contribution < -0.4 is 5.73 Å². The number of anilines is 1. The lowest BCUT2D eigenvalue weighted by molar-refractivity contribution is -0.383. The van der Waals surface area contributed by atoms with Gasteiger partial charge in [0.25, 0.3) is 11.6 Å². The number of hydrogen-bond donors (Lipinski definition) is 1. The van der Waals surface area contributed by atoms with E-state index in [1.165, 1.54) is 18.2 Å². The van der Waals surface area contributed by atoms with Gasteiger partial charge in [0, 0.05) is 31.3 Å². The number of rotatable bonds is 7. The number of ether oxygens (including phenoxy) is 1. The van der Waals surface area contributed by atoms with Crippen LogP contribution in [0.15, 0.2) is 18.2 Å². The van der Waals surface area contributed by atoms with Crippen LogP contribution in [0, 0.1) is 10.1 Å². The number of benzene rings is 1. The third kappa shape index (κ3) is 3.92. The Labute approximate surface area is 117 Å². The fourth-order valence-corrected chi connectivity index (χ4v) is 1.76. The van der Waals surface area contributed by atoms with Crippen molar-refractivity contribution in [3.05, 3.63) is 33.9 Å². The van der Waals surface area contributed by atoms with E-state index >= 15 is 0 Å². The molecule has 7 nitrogen and oxygen atoms in total. The van der Waals surface area contributed by atoms with Gasteiger partial charge in [-0.05, 0) is 26.0 Å². The Balaban J connectivity index is 2.84. The summed E-state index contributed by atoms with van der Waals surface area (Å²) in [6, 6.07) is 4.00. The van der Waals surface area contributed by atoms with Gasteiger partial charge in [-0.25, -0.2) is 0 Å². The molecule has 0 unspecified atom stereocenters. The van der Waals surface area contributed by atoms with Crippen LogP contribution in [-0.4, -0.2) is 42.0 Å². The molecule has 0 spiro atoms. The largest absolute Gasteiger partial charge is 0.393 e. The molecule has 1 aromatic carbocycles. The van der Waals surface area contributed by atoms with Gasteiger partial charge in [-0.15, -0.1) is 0 Å². The number of amides is 1. The molecule has 1 aromatic rings. The summed E-state index contributed by atoms with van der Waals surface area (Å²) >= 11 is 0. The number of likely N-dealkylation sites (N-methyl/N-ethyl adjacent to an activating group) is 1. The lowest BCUT2D eigenvalue weighted by atomic mass is 10.1. The second kappa shape index (κ2) is 7.44. The quantitative estimate of drug-likeness (QED) is 0.355. The molecule has 0 saturated carbocycles. The summed E-state index contributed by atoms with van der Waals surface area (Å²) in [5, 5.41) is 10.7. The molecule has 1 amide bonds. The van der Waals surface area contributed by atoms with Crippen molar-refractivity contribution < 1.29 is 14.5 Å². The molecule has 0 aromatic heterocycles. The SMILES string of the molecule is CCOCCN(CC)C(=O)c1ccc([N+](=O)[O-])c(N)c1. The van der Waals surface area contributed by atoms with Crippen molar-refractivity contribution in [1.29, 1.82) is 0 Å². The Bertz CT molecular complexity index is 491. The van der Waals surface area contributed by atoms with Gasteiger partial charge < -0.3 is 15.4 Å². The molecule has 0 fully saturated rings. The van der Waals surface area contributed by atoms with E-state index in [9.17, 15) is 14.9 Å². The molecule has 20 heavy (non-hydrogen) atoms. The number of carbonyl (C=O) groups is 1. The topological polar surface area (TPSA) is 98.7 Å². The zero-order valence-electron chi connectivity index (χ0n) is 11.7. The van der Waals surface area contributed by atoms with Crippen LogP contribution in [0.25, 0.3) is 0 Å². The number of carbonyl (C=O) groups excluding carboxylic acids is 1. The molecular weight excluding hydrogens is 262 g/mol. The highest BCUT2D eigenvalue weighted by Gasteiger charge is 2.18. The van der Waals surface area contributed by atoms with E-state index < -0.39 is 4.92 Å². The minimum atomic E-state index is -0.573. The molecule has 110 valence electrons. The van der Waals surface area contributed by atoms with E-state index in [1.54, 1.807) is 4.90 Å². The number of nitrogens with two attached hydrogens (primary N) is 1. The van der Waals surface area contributed by atoms with Crippen LogP contribution >= 0.6 is 0 Å². The average molecular weight is 281 g/mol. The van der Waals surface area contributed by atoms with Crippen LogP contribution in [0.2, 0.25) is 0 Å². The zero-order valence-corrected chi connectivity index (χ0v) is 11.7. The maximum atomic E-state index is 12.2. The van der Waals surface area contributed by atoms with Crippen LogP contribution in [0.4, 0.5) is 11.4 Å². The van der Waals surface area contributed by atoms with Gasteiger partial charge >= 0.3 is 0 Å². The molecule has 1 rings (SSSR count). The first kappa shape index (κ1) is 15.9. The van der Waals surface area contributed by atoms with Gasteiger partial charge in [-0.3, -0.25) is 14.9 Å². The smallest absolute Gasteiger partial charge is 0.292 e. The molecule has 0 aliphatic heterocycles. The predicted molar refractivity (Wildman–Crippen MR) is 75.6 cm³/mol. The third-order valence-electron chi connectivity index (χ3n) is 2.85. The first-order valence-corrected chi connectivity index (χ1v) is 6.42. The second-order valence-electron chi connectivity index (χ2n) is 4.11. The van der Waals surface area contributed by atoms with Crippen LogP contribution in [0.3, 0.4) is 0 Å². The fourth-order valence-electron chi connectivity index (χ4n) is 1.76. The standard InChI is InChI=1S/C13H19N3O4/c1-3-15(7-8-20-4-2)13(17)10-5-6-12(16(18)19)11(14)9-10/h5-6,9H,3-4,7-8,14H2,1-2H3. The summed E-state index contributed by atoms with van der Waals surface area (Å²) in [6.07, 6.45) is 0. The van der Waals surface area contributed by atoms with E-state index in [-0.39, 0.29) is 17.3 Å². The summed E-state index contributed by atoms with van der Waals surface area (Å²) in [5.74, 6) is -0.214. The van der Waals surface area contributed by atoms with Crippen molar-refractivity contribution in [2.45, 2.75) is 13.8 Å². The number of nitrogens with zero attached hydrogens (tertiary/aromatic N) is 2. The lowest BCUT2D eigenvalue weighted by Gasteiger charge is -2.20. The van der Waals surface area contributed by atoms with E-state index in [0.717, 1.165) is 0 Å².